The number of aliphatic hydroxyl groups is 1. The Morgan fingerprint density at radius 3 is 2.57 bits per heavy atom. The van der Waals surface area contributed by atoms with Crippen LogP contribution in [0, 0.1) is 13.8 Å². The normalized spacial score (nSPS) is 20.3. The van der Waals surface area contributed by atoms with E-state index in [0.29, 0.717) is 19.6 Å². The van der Waals surface area contributed by atoms with Crippen molar-refractivity contribution in [1.82, 2.24) is 0 Å². The number of methoxy groups -OCH3 is 1. The second-order valence-corrected chi connectivity index (χ2v) is 10.1. The molecule has 1 aliphatic carbocycles. The van der Waals surface area contributed by atoms with Gasteiger partial charge in [-0.05, 0) is 85.2 Å². The quantitative estimate of drug-likeness (QED) is 0.388. The van der Waals surface area contributed by atoms with Crippen molar-refractivity contribution < 1.29 is 28.8 Å². The summed E-state index contributed by atoms with van der Waals surface area (Å²) in [6.45, 7) is 5.10. The Bertz CT molecular complexity index is 1260. The first-order valence-corrected chi connectivity index (χ1v) is 12.9. The van der Waals surface area contributed by atoms with Crippen LogP contribution in [0.1, 0.15) is 53.9 Å². The molecule has 3 atom stereocenters. The second kappa shape index (κ2) is 10.9. The van der Waals surface area contributed by atoms with E-state index in [1.807, 2.05) is 18.2 Å². The third-order valence-electron chi connectivity index (χ3n) is 7.34. The van der Waals surface area contributed by atoms with E-state index < -0.39 is 0 Å². The van der Waals surface area contributed by atoms with E-state index in [9.17, 15) is 9.90 Å². The number of aryl methyl sites for hydroxylation is 2. The minimum Gasteiger partial charge on any atom is -0.492 e. The molecule has 6 heteroatoms. The molecule has 1 aliphatic heterocycles. The van der Waals surface area contributed by atoms with Crippen LogP contribution >= 0.6 is 0 Å². The molecule has 0 radical (unpaired) electrons. The molecule has 1 fully saturated rings. The topological polar surface area (TPSA) is 74.2 Å². The molecule has 194 valence electrons. The summed E-state index contributed by atoms with van der Waals surface area (Å²) in [5.41, 5.74) is 6.67. The van der Waals surface area contributed by atoms with E-state index in [2.05, 4.69) is 50.2 Å². The lowest BCUT2D eigenvalue weighted by Gasteiger charge is -2.20. The van der Waals surface area contributed by atoms with Gasteiger partial charge in [0.25, 0.3) is 0 Å². The van der Waals surface area contributed by atoms with Gasteiger partial charge >= 0.3 is 5.97 Å². The standard InChI is InChI=1S/C31H34O6/c1-19-12-25(37-28-9-5-8-27(28)32)13-20(2)31(19)22-7-4-6-21(14-22)17-35-24-10-11-26-23(15-30(33)34-3)18-36-29(26)16-24/h4,6-7,10-14,16,23,27-28,32H,5,8-9,15,17-18H2,1-3H3. The maximum Gasteiger partial charge on any atom is 0.306 e. The first-order valence-electron chi connectivity index (χ1n) is 12.9. The minimum atomic E-state index is -0.379. The monoisotopic (exact) mass is 502 g/mol. The van der Waals surface area contributed by atoms with Crippen LogP contribution in [0.25, 0.3) is 11.1 Å². The molecule has 6 nitrogen and oxygen atoms in total. The molecule has 0 spiro atoms. The summed E-state index contributed by atoms with van der Waals surface area (Å²) in [6, 6.07) is 18.3. The molecule has 1 N–H and O–H groups in total. The SMILES string of the molecule is COC(=O)CC1COc2cc(OCc3cccc(-c4c(C)cc(OC5CCCC5O)cc4C)c3)ccc21. The average molecular weight is 503 g/mol. The molecule has 5 rings (SSSR count). The number of aliphatic hydroxyl groups excluding tert-OH is 1. The Morgan fingerprint density at radius 1 is 1.03 bits per heavy atom. The molecule has 3 aromatic rings. The van der Waals surface area contributed by atoms with Crippen molar-refractivity contribution in [3.63, 3.8) is 0 Å². The van der Waals surface area contributed by atoms with E-state index in [4.69, 9.17) is 18.9 Å². The number of carbonyl (C=O) groups is 1. The van der Waals surface area contributed by atoms with E-state index in [0.717, 1.165) is 64.3 Å². The predicted octanol–water partition coefficient (Wildman–Crippen LogP) is 5.88. The number of hydrogen-bond donors (Lipinski definition) is 1. The van der Waals surface area contributed by atoms with Crippen molar-refractivity contribution >= 4 is 5.97 Å². The van der Waals surface area contributed by atoms with Crippen molar-refractivity contribution in [1.29, 1.82) is 0 Å². The Morgan fingerprint density at radius 2 is 1.84 bits per heavy atom. The van der Waals surface area contributed by atoms with Crippen LogP contribution in [0.5, 0.6) is 17.2 Å². The molecule has 1 heterocycles. The Balaban J connectivity index is 1.27. The summed E-state index contributed by atoms with van der Waals surface area (Å²) in [6.07, 6.45) is 2.53. The van der Waals surface area contributed by atoms with Crippen molar-refractivity contribution in [3.8, 4) is 28.4 Å². The highest BCUT2D eigenvalue weighted by molar-refractivity contribution is 5.72. The molecule has 2 aliphatic rings. The van der Waals surface area contributed by atoms with Gasteiger partial charge in [0, 0.05) is 17.5 Å². The zero-order valence-corrected chi connectivity index (χ0v) is 21.7. The maximum absolute atomic E-state index is 11.7. The molecule has 0 bridgehead atoms. The number of carbonyl (C=O) groups excluding carboxylic acids is 1. The fourth-order valence-corrected chi connectivity index (χ4v) is 5.45. The van der Waals surface area contributed by atoms with Gasteiger partial charge in [0.2, 0.25) is 0 Å². The number of fused-ring (bicyclic) bond motifs is 1. The van der Waals surface area contributed by atoms with Gasteiger partial charge in [0.1, 0.15) is 30.0 Å². The molecule has 37 heavy (non-hydrogen) atoms. The third kappa shape index (κ3) is 5.59. The van der Waals surface area contributed by atoms with Gasteiger partial charge in [-0.25, -0.2) is 0 Å². The molecular formula is C31H34O6. The molecule has 0 amide bonds. The Hall–Kier alpha value is -3.51. The summed E-state index contributed by atoms with van der Waals surface area (Å²) < 4.78 is 22.8. The minimum absolute atomic E-state index is 0.0136. The molecule has 0 saturated heterocycles. The summed E-state index contributed by atoms with van der Waals surface area (Å²) in [7, 11) is 1.40. The summed E-state index contributed by atoms with van der Waals surface area (Å²) >= 11 is 0. The van der Waals surface area contributed by atoms with Gasteiger partial charge in [-0.15, -0.1) is 0 Å². The van der Waals surface area contributed by atoms with Crippen molar-refractivity contribution in [3.05, 3.63) is 76.9 Å². The zero-order valence-electron chi connectivity index (χ0n) is 21.7. The lowest BCUT2D eigenvalue weighted by molar-refractivity contribution is -0.141. The lowest BCUT2D eigenvalue weighted by atomic mass is 9.94. The van der Waals surface area contributed by atoms with Crippen LogP contribution in [-0.2, 0) is 16.1 Å². The predicted molar refractivity (Wildman–Crippen MR) is 141 cm³/mol. The van der Waals surface area contributed by atoms with Crippen LogP contribution < -0.4 is 14.2 Å². The highest BCUT2D eigenvalue weighted by Gasteiger charge is 2.28. The van der Waals surface area contributed by atoms with E-state index >= 15 is 0 Å². The number of benzene rings is 3. The van der Waals surface area contributed by atoms with Crippen molar-refractivity contribution in [2.75, 3.05) is 13.7 Å². The maximum atomic E-state index is 11.7. The Kier molecular flexibility index (Phi) is 7.38. The van der Waals surface area contributed by atoms with Crippen LogP contribution in [-0.4, -0.2) is 37.0 Å². The van der Waals surface area contributed by atoms with Gasteiger partial charge in [0.05, 0.1) is 26.2 Å². The van der Waals surface area contributed by atoms with Gasteiger partial charge in [0.15, 0.2) is 0 Å². The first-order chi connectivity index (χ1) is 17.9. The second-order valence-electron chi connectivity index (χ2n) is 10.1. The first kappa shape index (κ1) is 25.2. The third-order valence-corrected chi connectivity index (χ3v) is 7.34. The summed E-state index contributed by atoms with van der Waals surface area (Å²) in [5.74, 6) is 2.09. The van der Waals surface area contributed by atoms with Gasteiger partial charge in [-0.2, -0.15) is 0 Å². The Labute approximate surface area is 218 Å². The fraction of sp³-hybridized carbons (Fsp3) is 0.387. The van der Waals surface area contributed by atoms with E-state index in [1.54, 1.807) is 0 Å². The van der Waals surface area contributed by atoms with Crippen LogP contribution in [0.3, 0.4) is 0 Å². The van der Waals surface area contributed by atoms with Crippen LogP contribution in [0.15, 0.2) is 54.6 Å². The van der Waals surface area contributed by atoms with Crippen molar-refractivity contribution in [2.45, 2.75) is 64.3 Å². The fourth-order valence-electron chi connectivity index (χ4n) is 5.45. The van der Waals surface area contributed by atoms with Gasteiger partial charge < -0.3 is 24.1 Å². The van der Waals surface area contributed by atoms with Crippen LogP contribution in [0.4, 0.5) is 0 Å². The number of ether oxygens (including phenoxy) is 4. The number of rotatable bonds is 8. The molecular weight excluding hydrogens is 468 g/mol. The summed E-state index contributed by atoms with van der Waals surface area (Å²) in [5, 5.41) is 10.1. The molecule has 3 unspecified atom stereocenters. The average Bonchev–Trinajstić information content (AvgIpc) is 3.47. The molecule has 0 aromatic heterocycles. The highest BCUT2D eigenvalue weighted by Crippen LogP contribution is 2.39. The van der Waals surface area contributed by atoms with Gasteiger partial charge in [-0.3, -0.25) is 4.79 Å². The molecule has 1 saturated carbocycles. The number of hydrogen-bond acceptors (Lipinski definition) is 6. The largest absolute Gasteiger partial charge is 0.492 e. The molecule has 3 aromatic carbocycles. The summed E-state index contributed by atoms with van der Waals surface area (Å²) in [4.78, 5) is 11.7. The zero-order chi connectivity index (χ0) is 25.9. The number of esters is 1. The van der Waals surface area contributed by atoms with Crippen molar-refractivity contribution in [2.24, 2.45) is 0 Å². The van der Waals surface area contributed by atoms with E-state index in [1.165, 1.54) is 12.7 Å². The smallest absolute Gasteiger partial charge is 0.306 e. The van der Waals surface area contributed by atoms with E-state index in [-0.39, 0.29) is 24.1 Å². The van der Waals surface area contributed by atoms with Crippen LogP contribution in [0.2, 0.25) is 0 Å². The highest BCUT2D eigenvalue weighted by atomic mass is 16.5. The lowest BCUT2D eigenvalue weighted by Crippen LogP contribution is -2.25. The van der Waals surface area contributed by atoms with Gasteiger partial charge in [-0.1, -0.05) is 24.3 Å².